The molecule has 8 nitrogen and oxygen atoms in total. The van der Waals surface area contributed by atoms with Gasteiger partial charge in [-0.25, -0.2) is 0 Å². The molecule has 1 saturated heterocycles. The van der Waals surface area contributed by atoms with Crippen molar-refractivity contribution in [1.29, 1.82) is 0 Å². The number of anilines is 1. The van der Waals surface area contributed by atoms with E-state index in [1.165, 1.54) is 0 Å². The Labute approximate surface area is 231 Å². The quantitative estimate of drug-likeness (QED) is 0.289. The van der Waals surface area contributed by atoms with E-state index in [1.54, 1.807) is 4.68 Å². The summed E-state index contributed by atoms with van der Waals surface area (Å²) < 4.78 is 9.67. The van der Waals surface area contributed by atoms with Gasteiger partial charge >= 0.3 is 0 Å². The highest BCUT2D eigenvalue weighted by atomic mass is 127. The third-order valence-corrected chi connectivity index (χ3v) is 10.9. The van der Waals surface area contributed by atoms with Crippen molar-refractivity contribution >= 4 is 42.5 Å². The summed E-state index contributed by atoms with van der Waals surface area (Å²) >= 11 is 2.29. The highest BCUT2D eigenvalue weighted by Crippen LogP contribution is 2.60. The zero-order chi connectivity index (χ0) is 26.4. The lowest BCUT2D eigenvalue weighted by Crippen LogP contribution is -2.46. The van der Waals surface area contributed by atoms with E-state index in [0.717, 1.165) is 26.1 Å². The molecule has 1 aromatic heterocycles. The number of hydrogen-bond donors (Lipinski definition) is 2. The van der Waals surface area contributed by atoms with E-state index in [1.807, 2.05) is 66.7 Å². The van der Waals surface area contributed by atoms with Crippen molar-refractivity contribution in [1.82, 2.24) is 15.0 Å². The molecule has 0 unspecified atom stereocenters. The summed E-state index contributed by atoms with van der Waals surface area (Å²) in [4.78, 5) is 27.6. The number of aromatic nitrogens is 3. The summed E-state index contributed by atoms with van der Waals surface area (Å²) in [5, 5.41) is 17.5. The molecule has 2 N–H and O–H groups in total. The summed E-state index contributed by atoms with van der Waals surface area (Å²) in [6.07, 6.45) is 2.58. The molecule has 2 aliphatic rings. The fourth-order valence-electron chi connectivity index (χ4n) is 6.18. The average molecular weight is 633 g/mol. The van der Waals surface area contributed by atoms with Crippen molar-refractivity contribution in [2.75, 3.05) is 11.5 Å². The number of fused-ring (bicyclic) bond motifs is 2. The summed E-state index contributed by atoms with van der Waals surface area (Å²) in [7, 11) is -2.73. The van der Waals surface area contributed by atoms with Gasteiger partial charge in [-0.2, -0.15) is 0 Å². The van der Waals surface area contributed by atoms with Crippen LogP contribution in [0, 0.1) is 9.49 Å². The molecule has 0 bridgehead atoms. The van der Waals surface area contributed by atoms with Gasteiger partial charge in [-0.05, 0) is 65.9 Å². The van der Waals surface area contributed by atoms with Gasteiger partial charge in [0.2, 0.25) is 0 Å². The molecule has 196 valence electrons. The van der Waals surface area contributed by atoms with Crippen LogP contribution in [0.4, 0.5) is 5.69 Å². The topological polar surface area (TPSA) is 101 Å². The molecule has 3 aromatic rings. The molecule has 5 rings (SSSR count). The maximum atomic E-state index is 14.4. The van der Waals surface area contributed by atoms with E-state index in [2.05, 4.69) is 45.9 Å². The van der Waals surface area contributed by atoms with Crippen LogP contribution in [0.5, 0.6) is 0 Å². The number of aliphatic hydroxyl groups excluding tert-OH is 1. The van der Waals surface area contributed by atoms with Crippen molar-refractivity contribution in [2.45, 2.75) is 63.2 Å². The van der Waals surface area contributed by atoms with E-state index in [4.69, 9.17) is 4.74 Å². The summed E-state index contributed by atoms with van der Waals surface area (Å²) in [5.41, 5.74) is 2.28. The molecular weight excluding hydrogens is 599 g/mol. The van der Waals surface area contributed by atoms with Crippen LogP contribution in [-0.4, -0.2) is 51.8 Å². The van der Waals surface area contributed by atoms with Gasteiger partial charge in [0.05, 0.1) is 24.0 Å². The number of halogens is 1. The maximum Gasteiger partial charge on any atom is 0.264 e. The number of rotatable bonds is 8. The first kappa shape index (κ1) is 26.5. The minimum Gasteiger partial charge on any atom is -0.432 e. The van der Waals surface area contributed by atoms with Crippen LogP contribution in [0.25, 0.3) is 0 Å². The van der Waals surface area contributed by atoms with Crippen molar-refractivity contribution in [3.63, 3.8) is 0 Å². The first-order chi connectivity index (χ1) is 17.6. The molecule has 0 saturated carbocycles. The zero-order valence-electron chi connectivity index (χ0n) is 21.3. The van der Waals surface area contributed by atoms with Gasteiger partial charge in [-0.15, -0.1) is 5.10 Å². The van der Waals surface area contributed by atoms with Crippen LogP contribution in [-0.2, 0) is 34.6 Å². The number of aliphatic hydroxyl groups is 1. The van der Waals surface area contributed by atoms with Gasteiger partial charge in [0.25, 0.3) is 5.91 Å². The number of carbonyl (C=O) groups excluding carboxylic acids is 1. The van der Waals surface area contributed by atoms with Crippen LogP contribution in [0.2, 0.25) is 18.6 Å². The Kier molecular flexibility index (Phi) is 7.31. The molecule has 2 aliphatic heterocycles. The van der Waals surface area contributed by atoms with Gasteiger partial charge in [-0.1, -0.05) is 42.5 Å². The highest BCUT2D eigenvalue weighted by Gasteiger charge is 2.66. The number of aryl methyl sites for hydroxylation is 1. The predicted octanol–water partition coefficient (Wildman–Crippen LogP) is 3.85. The monoisotopic (exact) mass is 632 g/mol. The molecule has 3 heterocycles. The minimum atomic E-state index is -2.73. The van der Waals surface area contributed by atoms with Crippen molar-refractivity contribution in [3.05, 3.63) is 75.1 Å². The van der Waals surface area contributed by atoms with Crippen LogP contribution in [0.1, 0.15) is 30.2 Å². The number of benzene rings is 2. The summed E-state index contributed by atoms with van der Waals surface area (Å²) in [6.45, 7) is 6.99. The molecule has 0 radical (unpaired) electrons. The molecule has 37 heavy (non-hydrogen) atoms. The van der Waals surface area contributed by atoms with E-state index in [0.29, 0.717) is 25.9 Å². The van der Waals surface area contributed by atoms with Crippen molar-refractivity contribution in [2.24, 2.45) is 5.92 Å². The highest BCUT2D eigenvalue weighted by molar-refractivity contribution is 14.1. The number of hydrogen-bond acceptors (Lipinski definition) is 6. The van der Waals surface area contributed by atoms with Crippen molar-refractivity contribution in [3.8, 4) is 0 Å². The van der Waals surface area contributed by atoms with Gasteiger partial charge in [-0.3, -0.25) is 9.48 Å². The number of nitrogens with zero attached hydrogens (tertiary/aromatic N) is 4. The molecular formula is C27H33IN4O4Si. The number of carbonyl (C=O) groups is 1. The molecule has 2 aromatic carbocycles. The van der Waals surface area contributed by atoms with Crippen molar-refractivity contribution < 1.29 is 19.4 Å². The predicted molar refractivity (Wildman–Crippen MR) is 151 cm³/mol. The lowest BCUT2D eigenvalue weighted by atomic mass is 9.82. The van der Waals surface area contributed by atoms with Crippen LogP contribution in [0.15, 0.2) is 54.7 Å². The molecule has 1 fully saturated rings. The molecule has 0 aliphatic carbocycles. The number of ether oxygens (including phenoxy) is 1. The summed E-state index contributed by atoms with van der Waals surface area (Å²) in [6, 6.07) is 16.1. The third-order valence-electron chi connectivity index (χ3n) is 7.73. The Morgan fingerprint density at radius 3 is 2.65 bits per heavy atom. The lowest BCUT2D eigenvalue weighted by Gasteiger charge is -2.32. The minimum absolute atomic E-state index is 0.0244. The second-order valence-electron chi connectivity index (χ2n) is 10.6. The fraction of sp³-hybridized carbons (Fsp3) is 0.444. The van der Waals surface area contributed by atoms with Gasteiger partial charge in [0.1, 0.15) is 0 Å². The van der Waals surface area contributed by atoms with Gasteiger partial charge in [0, 0.05) is 46.4 Å². The van der Waals surface area contributed by atoms with E-state index < -0.39 is 13.9 Å². The Bertz CT molecular complexity index is 1280. The molecule has 4 atom stereocenters. The summed E-state index contributed by atoms with van der Waals surface area (Å²) in [5.74, 6) is -0.257. The van der Waals surface area contributed by atoms with Crippen LogP contribution < -0.4 is 4.90 Å². The molecule has 1 amide bonds. The van der Waals surface area contributed by atoms with Gasteiger partial charge in [0.15, 0.2) is 13.9 Å². The molecule has 10 heteroatoms. The Morgan fingerprint density at radius 2 is 1.95 bits per heavy atom. The third kappa shape index (κ3) is 4.78. The Morgan fingerprint density at radius 1 is 1.19 bits per heavy atom. The average Bonchev–Trinajstić information content (AvgIpc) is 3.49. The van der Waals surface area contributed by atoms with E-state index in [9.17, 15) is 14.7 Å². The number of amides is 1. The standard InChI is InChI=1S/C27H33IN4O4Si/c1-18-25(37(2,3)35)24(11-13-31-17-21(12-14-33)29-30-31)36-27(18)22-15-20(28)9-10-23(22)32(26(27)34)16-19-7-5-4-6-8-19/h4-10,15,17-18,24-25,33,35H,11-14,16H2,1-3H3/t18-,24+,25-,27+/m1/s1. The SMILES string of the molecule is C[C@@H]1[C@@H]([Si](C)(C)O)[C@H](CCn2cc(CCO)nn2)O[C@@]12C(=O)N(Cc1ccccc1)c1ccc(I)cc12. The zero-order valence-corrected chi connectivity index (χ0v) is 24.5. The Hall–Kier alpha value is -2.12. The maximum absolute atomic E-state index is 14.4. The van der Waals surface area contributed by atoms with Crippen LogP contribution in [0.3, 0.4) is 0 Å². The smallest absolute Gasteiger partial charge is 0.264 e. The first-order valence-electron chi connectivity index (χ1n) is 12.7. The Balaban J connectivity index is 1.50. The normalized spacial score (nSPS) is 25.3. The van der Waals surface area contributed by atoms with E-state index >= 15 is 0 Å². The van der Waals surface area contributed by atoms with Crippen LogP contribution >= 0.6 is 22.6 Å². The first-order valence-corrected chi connectivity index (χ1v) is 16.8. The largest absolute Gasteiger partial charge is 0.432 e. The second-order valence-corrected chi connectivity index (χ2v) is 15.9. The fourth-order valence-corrected chi connectivity index (χ4v) is 9.27. The molecule has 1 spiro atoms. The second kappa shape index (κ2) is 10.2. The van der Waals surface area contributed by atoms with Gasteiger partial charge < -0.3 is 19.5 Å². The lowest BCUT2D eigenvalue weighted by molar-refractivity contribution is -0.146. The van der Waals surface area contributed by atoms with E-state index in [-0.39, 0.29) is 30.1 Å².